The lowest BCUT2D eigenvalue weighted by atomic mass is 10.2. The monoisotopic (exact) mass is 223 g/mol. The molecule has 0 atom stereocenters. The third-order valence-electron chi connectivity index (χ3n) is 1.36. The molecule has 5 heteroatoms. The second-order valence-corrected chi connectivity index (χ2v) is 3.15. The molecule has 1 rings (SSSR count). The summed E-state index contributed by atoms with van der Waals surface area (Å²) in [7, 11) is 0. The molecule has 1 aromatic rings. The summed E-state index contributed by atoms with van der Waals surface area (Å²) in [6.07, 6.45) is 2.70. The van der Waals surface area contributed by atoms with E-state index in [4.69, 9.17) is 33.7 Å². The number of aromatic nitrogens is 1. The van der Waals surface area contributed by atoms with E-state index in [1.165, 1.54) is 18.3 Å². The maximum Gasteiger partial charge on any atom is 0.131 e. The third-order valence-corrected chi connectivity index (χ3v) is 1.87. The van der Waals surface area contributed by atoms with E-state index < -0.39 is 0 Å². The highest BCUT2D eigenvalue weighted by Crippen LogP contribution is 2.20. The van der Waals surface area contributed by atoms with Gasteiger partial charge < -0.3 is 0 Å². The van der Waals surface area contributed by atoms with Gasteiger partial charge in [0.25, 0.3) is 0 Å². The van der Waals surface area contributed by atoms with Crippen LogP contribution in [-0.2, 0) is 0 Å². The molecule has 1 aromatic heterocycles. The van der Waals surface area contributed by atoms with Crippen molar-refractivity contribution in [3.63, 3.8) is 0 Å². The normalized spacial score (nSPS) is 8.57. The van der Waals surface area contributed by atoms with Crippen molar-refractivity contribution < 1.29 is 0 Å². The number of halogens is 2. The molecular weight excluding hydrogens is 221 g/mol. The van der Waals surface area contributed by atoms with Gasteiger partial charge in [0.05, 0.1) is 15.7 Å². The Kier molecular flexibility index (Phi) is 3.48. The first-order valence-electron chi connectivity index (χ1n) is 3.50. The van der Waals surface area contributed by atoms with Crippen molar-refractivity contribution in [3.8, 4) is 12.1 Å². The first kappa shape index (κ1) is 10.5. The Morgan fingerprint density at radius 2 is 2.00 bits per heavy atom. The van der Waals surface area contributed by atoms with Gasteiger partial charge in [0.2, 0.25) is 0 Å². The Labute approximate surface area is 90.8 Å². The first-order valence-corrected chi connectivity index (χ1v) is 4.26. The van der Waals surface area contributed by atoms with Crippen molar-refractivity contribution >= 4 is 29.3 Å². The molecule has 0 N–H and O–H groups in total. The second-order valence-electron chi connectivity index (χ2n) is 2.30. The maximum atomic E-state index is 8.50. The maximum absolute atomic E-state index is 8.50. The van der Waals surface area contributed by atoms with Crippen LogP contribution in [0.1, 0.15) is 5.69 Å². The number of nitriles is 2. The summed E-state index contributed by atoms with van der Waals surface area (Å²) in [4.78, 5) is 3.87. The van der Waals surface area contributed by atoms with Crippen molar-refractivity contribution in [2.75, 3.05) is 0 Å². The van der Waals surface area contributed by atoms with Gasteiger partial charge in [-0.15, -0.1) is 0 Å². The van der Waals surface area contributed by atoms with Crippen LogP contribution in [0, 0.1) is 22.7 Å². The van der Waals surface area contributed by atoms with Gasteiger partial charge in [-0.3, -0.25) is 4.98 Å². The van der Waals surface area contributed by atoms with Crippen molar-refractivity contribution in [2.24, 2.45) is 0 Å². The largest absolute Gasteiger partial charge is 0.254 e. The average molecular weight is 224 g/mol. The molecule has 0 aliphatic rings. The van der Waals surface area contributed by atoms with Gasteiger partial charge >= 0.3 is 0 Å². The number of hydrogen-bond donors (Lipinski definition) is 0. The summed E-state index contributed by atoms with van der Waals surface area (Å²) in [5.41, 5.74) is 0.302. The minimum Gasteiger partial charge on any atom is -0.254 e. The molecule has 3 nitrogen and oxygen atoms in total. The van der Waals surface area contributed by atoms with E-state index in [0.717, 1.165) is 0 Å². The van der Waals surface area contributed by atoms with E-state index in [-0.39, 0.29) is 5.57 Å². The van der Waals surface area contributed by atoms with Crippen LogP contribution in [0.25, 0.3) is 6.08 Å². The molecule has 0 saturated heterocycles. The molecule has 0 aliphatic carbocycles. The zero-order valence-corrected chi connectivity index (χ0v) is 8.34. The molecule has 0 amide bonds. The molecule has 0 aromatic carbocycles. The van der Waals surface area contributed by atoms with Crippen molar-refractivity contribution in [1.82, 2.24) is 4.98 Å². The average Bonchev–Trinajstić information content (AvgIpc) is 2.17. The van der Waals surface area contributed by atoms with E-state index in [9.17, 15) is 0 Å². The van der Waals surface area contributed by atoms with Crippen LogP contribution < -0.4 is 0 Å². The highest BCUT2D eigenvalue weighted by atomic mass is 35.5. The topological polar surface area (TPSA) is 60.5 Å². The van der Waals surface area contributed by atoms with Crippen LogP contribution in [0.4, 0.5) is 0 Å². The number of pyridine rings is 1. The summed E-state index contributed by atoms with van der Waals surface area (Å²) < 4.78 is 0. The summed E-state index contributed by atoms with van der Waals surface area (Å²) in [5, 5.41) is 17.7. The van der Waals surface area contributed by atoms with Crippen molar-refractivity contribution in [2.45, 2.75) is 0 Å². The number of nitrogens with zero attached hydrogens (tertiary/aromatic N) is 3. The molecule has 0 bridgehead atoms. The molecule has 14 heavy (non-hydrogen) atoms. The van der Waals surface area contributed by atoms with Crippen LogP contribution in [0.5, 0.6) is 0 Å². The first-order chi connectivity index (χ1) is 6.67. The molecule has 0 radical (unpaired) electrons. The lowest BCUT2D eigenvalue weighted by molar-refractivity contribution is 1.29. The van der Waals surface area contributed by atoms with Gasteiger partial charge in [-0.1, -0.05) is 23.2 Å². The lowest BCUT2D eigenvalue weighted by Gasteiger charge is -1.96. The number of allylic oxidation sites excluding steroid dienone is 1. The third kappa shape index (κ3) is 2.47. The summed E-state index contributed by atoms with van der Waals surface area (Å²) in [6, 6.07) is 4.92. The van der Waals surface area contributed by atoms with Crippen molar-refractivity contribution in [1.29, 1.82) is 10.5 Å². The van der Waals surface area contributed by atoms with Gasteiger partial charge in [-0.25, -0.2) is 0 Å². The van der Waals surface area contributed by atoms with Crippen molar-refractivity contribution in [3.05, 3.63) is 33.6 Å². The van der Waals surface area contributed by atoms with E-state index in [0.29, 0.717) is 15.7 Å². The highest BCUT2D eigenvalue weighted by Gasteiger charge is 2.01. The van der Waals surface area contributed by atoms with Gasteiger partial charge in [0.1, 0.15) is 17.7 Å². The highest BCUT2D eigenvalue weighted by molar-refractivity contribution is 6.35. The fourth-order valence-corrected chi connectivity index (χ4v) is 1.19. The quantitative estimate of drug-likeness (QED) is 0.689. The fourth-order valence-electron chi connectivity index (χ4n) is 0.758. The Balaban J connectivity index is 3.18. The lowest BCUT2D eigenvalue weighted by Crippen LogP contribution is -1.83. The van der Waals surface area contributed by atoms with Gasteiger partial charge in [-0.05, 0) is 12.1 Å². The Hall–Kier alpha value is -1.55. The minimum atomic E-state index is -0.0540. The second kappa shape index (κ2) is 4.62. The van der Waals surface area contributed by atoms with Crippen LogP contribution in [-0.4, -0.2) is 4.98 Å². The molecule has 0 aliphatic heterocycles. The SMILES string of the molecule is N#CC(C#N)=Cc1ncc(Cl)cc1Cl. The van der Waals surface area contributed by atoms with Gasteiger partial charge in [-0.2, -0.15) is 10.5 Å². The predicted molar refractivity (Wildman–Crippen MR) is 53.5 cm³/mol. The number of hydrogen-bond acceptors (Lipinski definition) is 3. The molecule has 0 fully saturated rings. The smallest absolute Gasteiger partial charge is 0.131 e. The van der Waals surface area contributed by atoms with Crippen LogP contribution >= 0.6 is 23.2 Å². The van der Waals surface area contributed by atoms with Crippen LogP contribution in [0.3, 0.4) is 0 Å². The Bertz CT molecular complexity index is 450. The summed E-state index contributed by atoms with van der Waals surface area (Å²) >= 11 is 11.4. The summed E-state index contributed by atoms with van der Waals surface area (Å²) in [6.45, 7) is 0. The fraction of sp³-hybridized carbons (Fsp3) is 0. The zero-order chi connectivity index (χ0) is 10.6. The molecular formula is C9H3Cl2N3. The zero-order valence-electron chi connectivity index (χ0n) is 6.83. The Morgan fingerprint density at radius 3 is 2.50 bits per heavy atom. The summed E-state index contributed by atoms with van der Waals surface area (Å²) in [5.74, 6) is 0. The van der Waals surface area contributed by atoms with E-state index >= 15 is 0 Å². The molecule has 0 spiro atoms. The molecule has 1 heterocycles. The number of rotatable bonds is 1. The van der Waals surface area contributed by atoms with Gasteiger partial charge in [0, 0.05) is 6.20 Å². The van der Waals surface area contributed by atoms with E-state index in [1.54, 1.807) is 12.1 Å². The molecule has 68 valence electrons. The minimum absolute atomic E-state index is 0.0540. The van der Waals surface area contributed by atoms with E-state index in [1.807, 2.05) is 0 Å². The molecule has 0 saturated carbocycles. The predicted octanol–water partition coefficient (Wildman–Crippen LogP) is 2.82. The molecule has 0 unspecified atom stereocenters. The van der Waals surface area contributed by atoms with Gasteiger partial charge in [0.15, 0.2) is 0 Å². The van der Waals surface area contributed by atoms with E-state index in [2.05, 4.69) is 4.98 Å². The Morgan fingerprint density at radius 1 is 1.36 bits per heavy atom. The standard InChI is InChI=1S/C9H3Cl2N3/c10-7-2-8(11)9(14-5-7)1-6(3-12)4-13/h1-2,5H. The van der Waals surface area contributed by atoms with Crippen LogP contribution in [0.15, 0.2) is 17.8 Å². The van der Waals surface area contributed by atoms with Crippen LogP contribution in [0.2, 0.25) is 10.0 Å².